The van der Waals surface area contributed by atoms with Gasteiger partial charge in [-0.1, -0.05) is 18.5 Å². The minimum Gasteiger partial charge on any atom is -0.493 e. The highest BCUT2D eigenvalue weighted by Gasteiger charge is 2.13. The predicted molar refractivity (Wildman–Crippen MR) is 75.2 cm³/mol. The molecule has 1 rings (SSSR count). The topological polar surface area (TPSA) is 41.5 Å². The predicted octanol–water partition coefficient (Wildman–Crippen LogP) is 2.99. The van der Waals surface area contributed by atoms with E-state index in [4.69, 9.17) is 16.3 Å². The van der Waals surface area contributed by atoms with Crippen LogP contribution in [0.4, 0.5) is 0 Å². The standard InChI is InChI=1S/C14H22ClNO2/c1-4-16-10-11-9-12(15)5-6-13(11)18-8-7-14(2,3)17/h5-6,9,16-17H,4,7-8,10H2,1-3H3. The van der Waals surface area contributed by atoms with Crippen molar-refractivity contribution in [1.82, 2.24) is 5.32 Å². The Balaban J connectivity index is 2.63. The first kappa shape index (κ1) is 15.3. The van der Waals surface area contributed by atoms with Crippen LogP contribution in [0, 0.1) is 0 Å². The van der Waals surface area contributed by atoms with E-state index in [1.165, 1.54) is 0 Å². The molecule has 0 fully saturated rings. The molecule has 4 heteroatoms. The summed E-state index contributed by atoms with van der Waals surface area (Å²) in [5, 5.41) is 13.6. The van der Waals surface area contributed by atoms with Crippen LogP contribution in [0.15, 0.2) is 18.2 Å². The van der Waals surface area contributed by atoms with Gasteiger partial charge in [0.25, 0.3) is 0 Å². The van der Waals surface area contributed by atoms with Gasteiger partial charge < -0.3 is 15.2 Å². The van der Waals surface area contributed by atoms with E-state index in [1.54, 1.807) is 13.8 Å². The maximum Gasteiger partial charge on any atom is 0.123 e. The zero-order valence-corrected chi connectivity index (χ0v) is 12.0. The first-order chi connectivity index (χ1) is 8.42. The molecule has 0 atom stereocenters. The molecule has 0 aromatic heterocycles. The zero-order valence-electron chi connectivity index (χ0n) is 11.3. The molecular weight excluding hydrogens is 250 g/mol. The first-order valence-corrected chi connectivity index (χ1v) is 6.64. The first-order valence-electron chi connectivity index (χ1n) is 6.26. The third-order valence-electron chi connectivity index (χ3n) is 2.56. The number of halogens is 1. The quantitative estimate of drug-likeness (QED) is 0.801. The fourth-order valence-electron chi connectivity index (χ4n) is 1.50. The average Bonchev–Trinajstić information content (AvgIpc) is 2.27. The van der Waals surface area contributed by atoms with Gasteiger partial charge in [0.05, 0.1) is 12.2 Å². The van der Waals surface area contributed by atoms with Gasteiger partial charge in [-0.15, -0.1) is 0 Å². The summed E-state index contributed by atoms with van der Waals surface area (Å²) in [7, 11) is 0. The Morgan fingerprint density at radius 3 is 2.72 bits per heavy atom. The van der Waals surface area contributed by atoms with Crippen molar-refractivity contribution >= 4 is 11.6 Å². The molecule has 0 radical (unpaired) electrons. The van der Waals surface area contributed by atoms with Crippen molar-refractivity contribution < 1.29 is 9.84 Å². The van der Waals surface area contributed by atoms with E-state index in [0.29, 0.717) is 18.1 Å². The van der Waals surface area contributed by atoms with Gasteiger partial charge in [0.15, 0.2) is 0 Å². The van der Waals surface area contributed by atoms with Crippen molar-refractivity contribution in [2.45, 2.75) is 39.3 Å². The summed E-state index contributed by atoms with van der Waals surface area (Å²) in [6, 6.07) is 5.60. The van der Waals surface area contributed by atoms with Crippen LogP contribution in [0.25, 0.3) is 0 Å². The highest BCUT2D eigenvalue weighted by molar-refractivity contribution is 6.30. The van der Waals surface area contributed by atoms with E-state index in [9.17, 15) is 5.11 Å². The summed E-state index contributed by atoms with van der Waals surface area (Å²) in [5.41, 5.74) is 0.342. The number of rotatable bonds is 7. The van der Waals surface area contributed by atoms with E-state index < -0.39 is 5.60 Å². The SMILES string of the molecule is CCNCc1cc(Cl)ccc1OCCC(C)(C)O. The Hall–Kier alpha value is -0.770. The second-order valence-corrected chi connectivity index (χ2v) is 5.38. The van der Waals surface area contributed by atoms with Gasteiger partial charge >= 0.3 is 0 Å². The van der Waals surface area contributed by atoms with E-state index in [2.05, 4.69) is 12.2 Å². The van der Waals surface area contributed by atoms with Gasteiger partial charge in [-0.05, 0) is 38.6 Å². The van der Waals surface area contributed by atoms with Crippen LogP contribution >= 0.6 is 11.6 Å². The number of hydrogen-bond donors (Lipinski definition) is 2. The van der Waals surface area contributed by atoms with E-state index >= 15 is 0 Å². The minimum absolute atomic E-state index is 0.490. The second kappa shape index (κ2) is 6.98. The third-order valence-corrected chi connectivity index (χ3v) is 2.79. The molecule has 0 unspecified atom stereocenters. The van der Waals surface area contributed by atoms with Crippen LogP contribution in [0.2, 0.25) is 5.02 Å². The van der Waals surface area contributed by atoms with Crippen molar-refractivity contribution in [1.29, 1.82) is 0 Å². The molecule has 0 saturated heterocycles. The number of benzene rings is 1. The van der Waals surface area contributed by atoms with Crippen molar-refractivity contribution in [3.8, 4) is 5.75 Å². The molecular formula is C14H22ClNO2. The van der Waals surface area contributed by atoms with E-state index in [1.807, 2.05) is 18.2 Å². The number of ether oxygens (including phenoxy) is 1. The zero-order chi connectivity index (χ0) is 13.6. The van der Waals surface area contributed by atoms with Crippen LogP contribution in [0.1, 0.15) is 32.8 Å². The van der Waals surface area contributed by atoms with Crippen LogP contribution in [0.3, 0.4) is 0 Å². The van der Waals surface area contributed by atoms with E-state index in [-0.39, 0.29) is 0 Å². The van der Waals surface area contributed by atoms with Gasteiger partial charge in [-0.3, -0.25) is 0 Å². The van der Waals surface area contributed by atoms with Crippen molar-refractivity contribution in [2.75, 3.05) is 13.2 Å². The Morgan fingerprint density at radius 1 is 1.39 bits per heavy atom. The third kappa shape index (κ3) is 5.71. The molecule has 1 aromatic rings. The fourth-order valence-corrected chi connectivity index (χ4v) is 1.69. The van der Waals surface area contributed by atoms with Gasteiger partial charge in [0.2, 0.25) is 0 Å². The molecule has 3 nitrogen and oxygen atoms in total. The Bertz CT molecular complexity index is 375. The lowest BCUT2D eigenvalue weighted by atomic mass is 10.1. The lowest BCUT2D eigenvalue weighted by Crippen LogP contribution is -2.22. The van der Waals surface area contributed by atoms with Crippen molar-refractivity contribution in [3.63, 3.8) is 0 Å². The van der Waals surface area contributed by atoms with Crippen molar-refractivity contribution in [2.24, 2.45) is 0 Å². The summed E-state index contributed by atoms with van der Waals surface area (Å²) in [6.07, 6.45) is 0.594. The monoisotopic (exact) mass is 271 g/mol. The molecule has 0 aliphatic carbocycles. The van der Waals surface area contributed by atoms with Crippen LogP contribution in [-0.4, -0.2) is 23.9 Å². The number of hydrogen-bond acceptors (Lipinski definition) is 3. The minimum atomic E-state index is -0.700. The van der Waals surface area contributed by atoms with Crippen molar-refractivity contribution in [3.05, 3.63) is 28.8 Å². The average molecular weight is 272 g/mol. The van der Waals surface area contributed by atoms with Crippen LogP contribution in [0.5, 0.6) is 5.75 Å². The molecule has 1 aromatic carbocycles. The summed E-state index contributed by atoms with van der Waals surface area (Å²) in [6.45, 7) is 7.73. The van der Waals surface area contributed by atoms with Gasteiger partial charge in [-0.2, -0.15) is 0 Å². The Morgan fingerprint density at radius 2 is 2.11 bits per heavy atom. The molecule has 0 spiro atoms. The molecule has 18 heavy (non-hydrogen) atoms. The van der Waals surface area contributed by atoms with Gasteiger partial charge in [0, 0.05) is 23.6 Å². The van der Waals surface area contributed by atoms with Gasteiger partial charge in [-0.25, -0.2) is 0 Å². The molecule has 0 amide bonds. The maximum absolute atomic E-state index is 9.64. The lowest BCUT2D eigenvalue weighted by Gasteiger charge is -2.18. The molecule has 102 valence electrons. The number of aliphatic hydroxyl groups is 1. The molecule has 2 N–H and O–H groups in total. The molecule has 0 aliphatic rings. The van der Waals surface area contributed by atoms with Crippen LogP contribution < -0.4 is 10.1 Å². The highest BCUT2D eigenvalue weighted by Crippen LogP contribution is 2.23. The number of nitrogens with one attached hydrogen (secondary N) is 1. The molecule has 0 heterocycles. The van der Waals surface area contributed by atoms with Crippen LogP contribution in [-0.2, 0) is 6.54 Å². The van der Waals surface area contributed by atoms with Gasteiger partial charge in [0.1, 0.15) is 5.75 Å². The summed E-state index contributed by atoms with van der Waals surface area (Å²) < 4.78 is 5.71. The Labute approximate surface area is 114 Å². The summed E-state index contributed by atoms with van der Waals surface area (Å²) >= 11 is 5.98. The lowest BCUT2D eigenvalue weighted by molar-refractivity contribution is 0.0552. The second-order valence-electron chi connectivity index (χ2n) is 4.94. The molecule has 0 aliphatic heterocycles. The Kier molecular flexibility index (Phi) is 5.93. The smallest absolute Gasteiger partial charge is 0.123 e. The summed E-state index contributed by atoms with van der Waals surface area (Å²) in [5.74, 6) is 0.824. The largest absolute Gasteiger partial charge is 0.493 e. The maximum atomic E-state index is 9.64. The normalized spacial score (nSPS) is 11.6. The molecule has 0 saturated carbocycles. The highest BCUT2D eigenvalue weighted by atomic mass is 35.5. The van der Waals surface area contributed by atoms with E-state index in [0.717, 1.165) is 24.4 Å². The molecule has 0 bridgehead atoms. The summed E-state index contributed by atoms with van der Waals surface area (Å²) in [4.78, 5) is 0. The fraction of sp³-hybridized carbons (Fsp3) is 0.571.